The number of hydrogen-bond acceptors (Lipinski definition) is 5. The first-order chi connectivity index (χ1) is 19.9. The molecule has 4 aromatic carbocycles. The minimum atomic E-state index is -4.52. The van der Waals surface area contributed by atoms with E-state index >= 15 is 0 Å². The Morgan fingerprint density at radius 2 is 1.67 bits per heavy atom. The third-order valence-electron chi connectivity index (χ3n) is 7.24. The molecule has 0 spiro atoms. The van der Waals surface area contributed by atoms with Crippen LogP contribution in [0.15, 0.2) is 83.8 Å². The number of methoxy groups -OCH3 is 1. The van der Waals surface area contributed by atoms with Crippen LogP contribution >= 0.6 is 0 Å². The van der Waals surface area contributed by atoms with Crippen molar-refractivity contribution in [1.29, 1.82) is 0 Å². The van der Waals surface area contributed by atoms with E-state index in [0.717, 1.165) is 35.3 Å². The predicted molar refractivity (Wildman–Crippen MR) is 145 cm³/mol. The second-order valence-corrected chi connectivity index (χ2v) is 11.6. The Bertz CT molecular complexity index is 2020. The Morgan fingerprint density at radius 3 is 2.31 bits per heavy atom. The molecule has 0 radical (unpaired) electrons. The van der Waals surface area contributed by atoms with Crippen molar-refractivity contribution < 1.29 is 40.3 Å². The number of ether oxygens (including phenoxy) is 1. The first-order valence-corrected chi connectivity index (χ1v) is 14.0. The van der Waals surface area contributed by atoms with Gasteiger partial charge in [0, 0.05) is 23.9 Å². The first kappa shape index (κ1) is 27.5. The fraction of sp³-hybridized carbons (Fsp3) is 0.133. The molecule has 12 heteroatoms. The number of esters is 1. The Labute approximate surface area is 236 Å². The second kappa shape index (κ2) is 9.69. The highest BCUT2D eigenvalue weighted by Gasteiger charge is 2.37. The van der Waals surface area contributed by atoms with E-state index < -0.39 is 39.5 Å². The van der Waals surface area contributed by atoms with Crippen molar-refractivity contribution in [1.82, 2.24) is 8.87 Å². The highest BCUT2D eigenvalue weighted by molar-refractivity contribution is 7.90. The average Bonchev–Trinajstić information content (AvgIpc) is 3.46. The summed E-state index contributed by atoms with van der Waals surface area (Å²) in [6, 6.07) is 16.6. The maximum atomic E-state index is 14.6. The van der Waals surface area contributed by atoms with E-state index in [2.05, 4.69) is 0 Å². The zero-order valence-corrected chi connectivity index (χ0v) is 22.6. The van der Waals surface area contributed by atoms with Gasteiger partial charge in [-0.05, 0) is 59.7 Å². The lowest BCUT2D eigenvalue weighted by molar-refractivity contribution is -0.137. The lowest BCUT2D eigenvalue weighted by Gasteiger charge is -2.16. The van der Waals surface area contributed by atoms with Crippen molar-refractivity contribution in [2.75, 3.05) is 7.11 Å². The number of amides is 1. The topological polar surface area (TPSA) is 85.7 Å². The van der Waals surface area contributed by atoms with Crippen molar-refractivity contribution >= 4 is 43.7 Å². The van der Waals surface area contributed by atoms with Gasteiger partial charge in [-0.2, -0.15) is 13.2 Å². The van der Waals surface area contributed by atoms with Crippen molar-refractivity contribution in [3.8, 4) is 0 Å². The van der Waals surface area contributed by atoms with E-state index in [9.17, 15) is 35.6 Å². The predicted octanol–water partition coefficient (Wildman–Crippen LogP) is 6.13. The molecule has 1 aromatic heterocycles. The van der Waals surface area contributed by atoms with Crippen LogP contribution in [0, 0.1) is 5.82 Å². The summed E-state index contributed by atoms with van der Waals surface area (Å²) < 4.78 is 87.6. The molecule has 0 fully saturated rings. The van der Waals surface area contributed by atoms with Gasteiger partial charge in [0.25, 0.3) is 15.9 Å². The zero-order valence-electron chi connectivity index (χ0n) is 21.8. The van der Waals surface area contributed by atoms with Crippen LogP contribution in [0.25, 0.3) is 21.8 Å². The molecule has 0 unspecified atom stereocenters. The van der Waals surface area contributed by atoms with Gasteiger partial charge in [0.1, 0.15) is 5.82 Å². The van der Waals surface area contributed by atoms with Gasteiger partial charge in [0.15, 0.2) is 0 Å². The smallest absolute Gasteiger partial charge is 0.416 e. The Hall–Kier alpha value is -4.71. The standard InChI is InChI=1S/C30H20F4N2O5S/c1-41-29(38)23-13-18-16-35(15-17-7-9-19(10-8-17)30(32,33)34)28(37)25(18)26-22-14-20(31)11-12-24(22)36(27(23)26)42(39,40)21-5-3-2-4-6-21/h2-14H,15-16H2,1H3. The third kappa shape index (κ3) is 4.30. The second-order valence-electron chi connectivity index (χ2n) is 9.77. The molecule has 7 nitrogen and oxygen atoms in total. The van der Waals surface area contributed by atoms with Crippen molar-refractivity contribution in [3.63, 3.8) is 0 Å². The average molecular weight is 597 g/mol. The lowest BCUT2D eigenvalue weighted by Crippen LogP contribution is -2.23. The quantitative estimate of drug-likeness (QED) is 0.180. The molecule has 1 aliphatic rings. The van der Waals surface area contributed by atoms with Gasteiger partial charge in [0.2, 0.25) is 0 Å². The molecule has 0 aliphatic carbocycles. The molecule has 2 heterocycles. The minimum Gasteiger partial charge on any atom is -0.465 e. The molecule has 0 bridgehead atoms. The lowest BCUT2D eigenvalue weighted by atomic mass is 9.98. The Morgan fingerprint density at radius 1 is 0.976 bits per heavy atom. The maximum Gasteiger partial charge on any atom is 0.416 e. The number of benzene rings is 4. The van der Waals surface area contributed by atoms with E-state index in [0.29, 0.717) is 11.1 Å². The van der Waals surface area contributed by atoms with E-state index in [1.54, 1.807) is 6.07 Å². The summed E-state index contributed by atoms with van der Waals surface area (Å²) in [6.45, 7) is -0.0848. The summed E-state index contributed by atoms with van der Waals surface area (Å²) in [5, 5.41) is 0.151. The molecule has 1 aliphatic heterocycles. The number of rotatable bonds is 5. The van der Waals surface area contributed by atoms with Crippen LogP contribution in [0.4, 0.5) is 17.6 Å². The molecule has 0 atom stereocenters. The summed E-state index contributed by atoms with van der Waals surface area (Å²) in [6.07, 6.45) is -4.52. The Balaban J connectivity index is 1.59. The van der Waals surface area contributed by atoms with Gasteiger partial charge in [0.05, 0.1) is 39.7 Å². The fourth-order valence-corrected chi connectivity index (χ4v) is 6.93. The SMILES string of the molecule is COC(=O)c1cc2c(c3c4cc(F)ccc4n(S(=O)(=O)c4ccccc4)c13)C(=O)N(Cc1ccc(C(F)(F)F)cc1)C2. The van der Waals surface area contributed by atoms with Gasteiger partial charge in [-0.1, -0.05) is 30.3 Å². The molecule has 42 heavy (non-hydrogen) atoms. The number of nitrogens with zero attached hydrogens (tertiary/aromatic N) is 2. The zero-order chi connectivity index (χ0) is 30.0. The monoisotopic (exact) mass is 596 g/mol. The number of fused-ring (bicyclic) bond motifs is 5. The highest BCUT2D eigenvalue weighted by Crippen LogP contribution is 2.42. The van der Waals surface area contributed by atoms with Crippen molar-refractivity contribution in [2.24, 2.45) is 0 Å². The van der Waals surface area contributed by atoms with Crippen LogP contribution in [0.2, 0.25) is 0 Å². The van der Waals surface area contributed by atoms with Crippen molar-refractivity contribution in [3.05, 3.63) is 112 Å². The molecule has 214 valence electrons. The number of alkyl halides is 3. The van der Waals surface area contributed by atoms with E-state index in [1.807, 2.05) is 0 Å². The number of halogens is 4. The minimum absolute atomic E-state index is 0.0253. The van der Waals surface area contributed by atoms with Crippen molar-refractivity contribution in [2.45, 2.75) is 24.2 Å². The van der Waals surface area contributed by atoms with Gasteiger partial charge in [-0.15, -0.1) is 0 Å². The van der Waals surface area contributed by atoms with Crippen LogP contribution in [-0.2, 0) is 34.0 Å². The van der Waals surface area contributed by atoms with E-state index in [4.69, 9.17) is 4.74 Å². The van der Waals surface area contributed by atoms with Crippen LogP contribution in [-0.4, -0.2) is 36.3 Å². The normalized spacial score (nSPS) is 13.6. The van der Waals surface area contributed by atoms with E-state index in [-0.39, 0.29) is 50.9 Å². The van der Waals surface area contributed by atoms with Crippen LogP contribution in [0.1, 0.15) is 37.4 Å². The summed E-state index contributed by atoms with van der Waals surface area (Å²) in [7, 11) is -3.24. The first-order valence-electron chi connectivity index (χ1n) is 12.6. The van der Waals surface area contributed by atoms with Crippen LogP contribution < -0.4 is 0 Å². The van der Waals surface area contributed by atoms with Crippen LogP contribution in [0.5, 0.6) is 0 Å². The summed E-state index contributed by atoms with van der Waals surface area (Å²) in [5.74, 6) is -2.11. The number of hydrogen-bond donors (Lipinski definition) is 0. The number of carbonyl (C=O) groups is 2. The highest BCUT2D eigenvalue weighted by atomic mass is 32.2. The van der Waals surface area contributed by atoms with Gasteiger partial charge in [-0.25, -0.2) is 21.6 Å². The molecular weight excluding hydrogens is 576 g/mol. The molecular formula is C30H20F4N2O5S. The van der Waals surface area contributed by atoms with Crippen LogP contribution in [0.3, 0.4) is 0 Å². The molecule has 1 amide bonds. The van der Waals surface area contributed by atoms with Gasteiger partial charge >= 0.3 is 12.1 Å². The Kier molecular flexibility index (Phi) is 6.34. The van der Waals surface area contributed by atoms with Gasteiger partial charge in [-0.3, -0.25) is 4.79 Å². The molecule has 5 aromatic rings. The third-order valence-corrected chi connectivity index (χ3v) is 8.96. The van der Waals surface area contributed by atoms with Gasteiger partial charge < -0.3 is 9.64 Å². The summed E-state index contributed by atoms with van der Waals surface area (Å²) in [4.78, 5) is 28.2. The maximum absolute atomic E-state index is 14.6. The number of aromatic nitrogens is 1. The molecule has 0 saturated carbocycles. The fourth-order valence-electron chi connectivity index (χ4n) is 5.37. The largest absolute Gasteiger partial charge is 0.465 e. The summed E-state index contributed by atoms with van der Waals surface area (Å²) in [5.41, 5.74) is -0.221. The molecule has 6 rings (SSSR count). The molecule has 0 saturated heterocycles. The number of carbonyl (C=O) groups excluding carboxylic acids is 2. The summed E-state index contributed by atoms with van der Waals surface area (Å²) >= 11 is 0. The molecule has 0 N–H and O–H groups in total. The van der Waals surface area contributed by atoms with E-state index in [1.165, 1.54) is 53.4 Å².